The molecule has 0 saturated carbocycles. The molecule has 7 heteroatoms. The molecule has 0 spiro atoms. The predicted molar refractivity (Wildman–Crippen MR) is 83.1 cm³/mol. The van der Waals surface area contributed by atoms with Crippen LogP contribution in [0.2, 0.25) is 0 Å². The maximum atomic E-state index is 13.6. The molecule has 120 valence electrons. The summed E-state index contributed by atoms with van der Waals surface area (Å²) in [6.07, 6.45) is -0.00950. The van der Waals surface area contributed by atoms with Crippen LogP contribution in [-0.4, -0.2) is 23.0 Å². The van der Waals surface area contributed by atoms with Crippen molar-refractivity contribution in [2.24, 2.45) is 0 Å². The number of hydrogen-bond acceptors (Lipinski definition) is 2. The number of carbonyl (C=O) groups is 2. The molecule has 0 fully saturated rings. The quantitative estimate of drug-likeness (QED) is 0.833. The van der Waals surface area contributed by atoms with Crippen LogP contribution < -0.4 is 5.32 Å². The van der Waals surface area contributed by atoms with Gasteiger partial charge in [0.25, 0.3) is 5.91 Å². The van der Waals surface area contributed by atoms with Crippen LogP contribution in [0.4, 0.5) is 8.78 Å². The van der Waals surface area contributed by atoms with Crippen LogP contribution in [0, 0.1) is 11.6 Å². The van der Waals surface area contributed by atoms with E-state index in [0.717, 1.165) is 22.7 Å². The van der Waals surface area contributed by atoms with Gasteiger partial charge in [0, 0.05) is 10.9 Å². The van der Waals surface area contributed by atoms with Gasteiger partial charge in [-0.1, -0.05) is 34.1 Å². The van der Waals surface area contributed by atoms with E-state index < -0.39 is 35.1 Å². The summed E-state index contributed by atoms with van der Waals surface area (Å²) in [4.78, 5) is 23.3. The van der Waals surface area contributed by atoms with E-state index in [9.17, 15) is 23.5 Å². The van der Waals surface area contributed by atoms with E-state index in [4.69, 9.17) is 0 Å². The predicted octanol–water partition coefficient (Wildman–Crippen LogP) is 3.15. The summed E-state index contributed by atoms with van der Waals surface area (Å²) in [5.41, 5.74) is -0.135. The Morgan fingerprint density at radius 2 is 1.65 bits per heavy atom. The molecule has 23 heavy (non-hydrogen) atoms. The average Bonchev–Trinajstić information content (AvgIpc) is 2.48. The topological polar surface area (TPSA) is 66.4 Å². The molecule has 4 nitrogen and oxygen atoms in total. The van der Waals surface area contributed by atoms with Crippen molar-refractivity contribution in [3.8, 4) is 0 Å². The molecule has 0 aromatic heterocycles. The second-order valence-corrected chi connectivity index (χ2v) is 5.71. The molecule has 2 aromatic carbocycles. The van der Waals surface area contributed by atoms with Crippen LogP contribution >= 0.6 is 15.9 Å². The minimum Gasteiger partial charge on any atom is -0.480 e. The summed E-state index contributed by atoms with van der Waals surface area (Å²) in [5, 5.41) is 11.4. The highest BCUT2D eigenvalue weighted by molar-refractivity contribution is 9.10. The van der Waals surface area contributed by atoms with E-state index >= 15 is 0 Å². The number of carboxylic acids is 1. The maximum absolute atomic E-state index is 13.6. The number of nitrogens with one attached hydrogen (secondary N) is 1. The normalized spacial score (nSPS) is 11.8. The number of rotatable bonds is 5. The molecule has 2 rings (SSSR count). The Balaban J connectivity index is 2.18. The van der Waals surface area contributed by atoms with Crippen LogP contribution in [-0.2, 0) is 11.2 Å². The van der Waals surface area contributed by atoms with E-state index in [1.54, 1.807) is 24.3 Å². The third-order valence-electron chi connectivity index (χ3n) is 3.15. The van der Waals surface area contributed by atoms with E-state index in [1.165, 1.54) is 0 Å². The highest BCUT2D eigenvalue weighted by Gasteiger charge is 2.24. The number of carbonyl (C=O) groups excluding carboxylic acids is 1. The fraction of sp³-hybridized carbons (Fsp3) is 0.125. The van der Waals surface area contributed by atoms with Crippen molar-refractivity contribution in [2.45, 2.75) is 12.5 Å². The zero-order chi connectivity index (χ0) is 17.0. The Morgan fingerprint density at radius 3 is 2.17 bits per heavy atom. The van der Waals surface area contributed by atoms with Crippen LogP contribution in [0.15, 0.2) is 46.9 Å². The molecule has 1 atom stereocenters. The minimum atomic E-state index is -1.30. The largest absolute Gasteiger partial charge is 0.480 e. The first-order chi connectivity index (χ1) is 10.9. The average molecular weight is 384 g/mol. The molecular formula is C16H12BrF2NO3. The Kier molecular flexibility index (Phi) is 5.44. The molecule has 0 aliphatic rings. The molecule has 1 amide bonds. The first-order valence-corrected chi connectivity index (χ1v) is 7.40. The van der Waals surface area contributed by atoms with Gasteiger partial charge >= 0.3 is 5.97 Å². The molecule has 2 N–H and O–H groups in total. The number of carboxylic acid groups (broad SMARTS) is 1. The lowest BCUT2D eigenvalue weighted by atomic mass is 10.1. The van der Waals surface area contributed by atoms with Crippen LogP contribution in [0.3, 0.4) is 0 Å². The number of halogens is 3. The SMILES string of the molecule is O=C(N[C@@H](Cc1ccc(Br)cc1)C(=O)O)c1c(F)cccc1F. The molecule has 0 saturated heterocycles. The van der Waals surface area contributed by atoms with Crippen molar-refractivity contribution in [3.63, 3.8) is 0 Å². The summed E-state index contributed by atoms with van der Waals surface area (Å²) in [7, 11) is 0. The maximum Gasteiger partial charge on any atom is 0.326 e. The number of hydrogen-bond donors (Lipinski definition) is 2. The smallest absolute Gasteiger partial charge is 0.326 e. The van der Waals surface area contributed by atoms with Gasteiger partial charge in [-0.2, -0.15) is 0 Å². The summed E-state index contributed by atoms with van der Waals surface area (Å²) in [5.74, 6) is -4.49. The molecule has 0 bridgehead atoms. The molecule has 0 aliphatic carbocycles. The second-order valence-electron chi connectivity index (χ2n) is 4.79. The fourth-order valence-electron chi connectivity index (χ4n) is 2.00. The minimum absolute atomic E-state index is 0.00950. The monoisotopic (exact) mass is 383 g/mol. The zero-order valence-electron chi connectivity index (χ0n) is 11.7. The van der Waals surface area contributed by atoms with Gasteiger partial charge in [-0.3, -0.25) is 4.79 Å². The van der Waals surface area contributed by atoms with Gasteiger partial charge in [0.05, 0.1) is 0 Å². The van der Waals surface area contributed by atoms with E-state index in [-0.39, 0.29) is 6.42 Å². The zero-order valence-corrected chi connectivity index (χ0v) is 13.3. The van der Waals surface area contributed by atoms with Gasteiger partial charge in [0.1, 0.15) is 23.2 Å². The van der Waals surface area contributed by atoms with Crippen molar-refractivity contribution < 1.29 is 23.5 Å². The molecule has 0 radical (unpaired) electrons. The van der Waals surface area contributed by atoms with Crippen molar-refractivity contribution in [2.75, 3.05) is 0 Å². The van der Waals surface area contributed by atoms with Crippen LogP contribution in [0.5, 0.6) is 0 Å². The standard InChI is InChI=1S/C16H12BrF2NO3/c17-10-6-4-9(5-7-10)8-13(16(22)23)20-15(21)14-11(18)2-1-3-12(14)19/h1-7,13H,8H2,(H,20,21)(H,22,23)/t13-/m0/s1. The highest BCUT2D eigenvalue weighted by Crippen LogP contribution is 2.14. The Hall–Kier alpha value is -2.28. The molecular weight excluding hydrogens is 372 g/mol. The van der Waals surface area contributed by atoms with Gasteiger partial charge in [-0.15, -0.1) is 0 Å². The Morgan fingerprint density at radius 1 is 1.09 bits per heavy atom. The van der Waals surface area contributed by atoms with E-state index in [1.807, 2.05) is 0 Å². The lowest BCUT2D eigenvalue weighted by molar-refractivity contribution is -0.139. The molecule has 0 heterocycles. The first kappa shape index (κ1) is 17.1. The van der Waals surface area contributed by atoms with E-state index in [0.29, 0.717) is 5.56 Å². The Labute approximate surface area is 139 Å². The third-order valence-corrected chi connectivity index (χ3v) is 3.67. The lowest BCUT2D eigenvalue weighted by Crippen LogP contribution is -2.42. The molecule has 0 aliphatic heterocycles. The lowest BCUT2D eigenvalue weighted by Gasteiger charge is -2.15. The Bertz CT molecular complexity index is 714. The summed E-state index contributed by atoms with van der Waals surface area (Å²) in [6.45, 7) is 0. The van der Waals surface area contributed by atoms with Crippen molar-refractivity contribution in [3.05, 3.63) is 69.7 Å². The van der Waals surface area contributed by atoms with Gasteiger partial charge in [-0.05, 0) is 29.8 Å². The third kappa shape index (κ3) is 4.35. The van der Waals surface area contributed by atoms with Crippen LogP contribution in [0.1, 0.15) is 15.9 Å². The second kappa shape index (κ2) is 7.32. The fourth-order valence-corrected chi connectivity index (χ4v) is 2.27. The van der Waals surface area contributed by atoms with Crippen molar-refractivity contribution in [1.82, 2.24) is 5.32 Å². The number of amides is 1. The van der Waals surface area contributed by atoms with Gasteiger partial charge in [0.15, 0.2) is 0 Å². The van der Waals surface area contributed by atoms with Gasteiger partial charge in [0.2, 0.25) is 0 Å². The highest BCUT2D eigenvalue weighted by atomic mass is 79.9. The molecule has 2 aromatic rings. The van der Waals surface area contributed by atoms with Crippen molar-refractivity contribution >= 4 is 27.8 Å². The first-order valence-electron chi connectivity index (χ1n) is 6.60. The summed E-state index contributed by atoms with van der Waals surface area (Å²) < 4.78 is 28.0. The number of aliphatic carboxylic acids is 1. The van der Waals surface area contributed by atoms with Crippen molar-refractivity contribution in [1.29, 1.82) is 0 Å². The molecule has 0 unspecified atom stereocenters. The van der Waals surface area contributed by atoms with Gasteiger partial charge < -0.3 is 10.4 Å². The van der Waals surface area contributed by atoms with Gasteiger partial charge in [-0.25, -0.2) is 13.6 Å². The summed E-state index contributed by atoms with van der Waals surface area (Å²) in [6, 6.07) is 8.52. The van der Waals surface area contributed by atoms with Crippen LogP contribution in [0.25, 0.3) is 0 Å². The number of benzene rings is 2. The van der Waals surface area contributed by atoms with E-state index in [2.05, 4.69) is 21.2 Å². The summed E-state index contributed by atoms with van der Waals surface area (Å²) >= 11 is 3.26.